The minimum atomic E-state index is 0.232. The van der Waals surface area contributed by atoms with Gasteiger partial charge in [-0.2, -0.15) is 11.8 Å². The molecule has 0 unspecified atom stereocenters. The molecule has 1 heterocycles. The molecule has 0 aromatic carbocycles. The summed E-state index contributed by atoms with van der Waals surface area (Å²) in [7, 11) is 3.63. The summed E-state index contributed by atoms with van der Waals surface area (Å²) in [5, 5.41) is 3.53. The fourth-order valence-corrected chi connectivity index (χ4v) is 2.78. The predicted molar refractivity (Wildman–Crippen MR) is 66.3 cm³/mol. The number of thioether (sulfide) groups is 1. The highest BCUT2D eigenvalue weighted by Crippen LogP contribution is 2.16. The standard InChI is InChI=1S/C11H22N2OS/c1-13(2)11(14)4-3-7-12-10-5-8-15-9-6-10/h10,12H,3-9H2,1-2H3. The summed E-state index contributed by atoms with van der Waals surface area (Å²) >= 11 is 2.05. The maximum absolute atomic E-state index is 11.3. The van der Waals surface area contributed by atoms with E-state index in [1.807, 2.05) is 25.9 Å². The number of amides is 1. The summed E-state index contributed by atoms with van der Waals surface area (Å²) in [6, 6.07) is 0.695. The molecule has 3 nitrogen and oxygen atoms in total. The SMILES string of the molecule is CN(C)C(=O)CCCNC1CCSCC1. The van der Waals surface area contributed by atoms with Crippen LogP contribution in [0.2, 0.25) is 0 Å². The third-order valence-electron chi connectivity index (χ3n) is 2.72. The number of nitrogens with zero attached hydrogens (tertiary/aromatic N) is 1. The van der Waals surface area contributed by atoms with Gasteiger partial charge in [-0.05, 0) is 37.3 Å². The molecule has 0 radical (unpaired) electrons. The second kappa shape index (κ2) is 7.12. The number of hydrogen-bond acceptors (Lipinski definition) is 3. The Labute approximate surface area is 97.0 Å². The van der Waals surface area contributed by atoms with Crippen LogP contribution >= 0.6 is 11.8 Å². The third-order valence-corrected chi connectivity index (χ3v) is 3.77. The van der Waals surface area contributed by atoms with E-state index in [9.17, 15) is 4.79 Å². The minimum Gasteiger partial charge on any atom is -0.349 e. The molecule has 0 aromatic rings. The molecule has 1 aliphatic heterocycles. The lowest BCUT2D eigenvalue weighted by Gasteiger charge is -2.22. The lowest BCUT2D eigenvalue weighted by Crippen LogP contribution is -2.33. The van der Waals surface area contributed by atoms with E-state index >= 15 is 0 Å². The molecule has 0 bridgehead atoms. The third kappa shape index (κ3) is 5.42. The van der Waals surface area contributed by atoms with Gasteiger partial charge in [-0.25, -0.2) is 0 Å². The van der Waals surface area contributed by atoms with Crippen molar-refractivity contribution in [2.24, 2.45) is 0 Å². The van der Waals surface area contributed by atoms with E-state index in [-0.39, 0.29) is 5.91 Å². The van der Waals surface area contributed by atoms with E-state index < -0.39 is 0 Å². The van der Waals surface area contributed by atoms with Crippen molar-refractivity contribution in [3.05, 3.63) is 0 Å². The number of carbonyl (C=O) groups is 1. The molecule has 15 heavy (non-hydrogen) atoms. The summed E-state index contributed by atoms with van der Waals surface area (Å²) in [6.07, 6.45) is 4.20. The van der Waals surface area contributed by atoms with E-state index in [0.29, 0.717) is 12.5 Å². The Morgan fingerprint density at radius 2 is 2.07 bits per heavy atom. The lowest BCUT2D eigenvalue weighted by molar-refractivity contribution is -0.128. The van der Waals surface area contributed by atoms with Gasteiger partial charge in [0.05, 0.1) is 0 Å². The molecule has 1 rings (SSSR count). The van der Waals surface area contributed by atoms with Crippen LogP contribution in [0.25, 0.3) is 0 Å². The van der Waals surface area contributed by atoms with Crippen molar-refractivity contribution in [2.75, 3.05) is 32.1 Å². The van der Waals surface area contributed by atoms with Crippen LogP contribution in [0.3, 0.4) is 0 Å². The summed E-state index contributed by atoms with van der Waals surface area (Å²) in [5.41, 5.74) is 0. The van der Waals surface area contributed by atoms with E-state index in [2.05, 4.69) is 5.32 Å². The second-order valence-corrected chi connectivity index (χ2v) is 5.46. The molecule has 4 heteroatoms. The molecule has 0 aromatic heterocycles. The normalized spacial score (nSPS) is 17.7. The highest BCUT2D eigenvalue weighted by atomic mass is 32.2. The van der Waals surface area contributed by atoms with Crippen LogP contribution in [-0.4, -0.2) is 49.0 Å². The van der Waals surface area contributed by atoms with Gasteiger partial charge in [0.15, 0.2) is 0 Å². The Morgan fingerprint density at radius 3 is 2.67 bits per heavy atom. The maximum atomic E-state index is 11.3. The maximum Gasteiger partial charge on any atom is 0.222 e. The lowest BCUT2D eigenvalue weighted by atomic mass is 10.1. The average molecular weight is 230 g/mol. The van der Waals surface area contributed by atoms with Crippen LogP contribution in [-0.2, 0) is 4.79 Å². The Morgan fingerprint density at radius 1 is 1.40 bits per heavy atom. The predicted octanol–water partition coefficient (Wildman–Crippen LogP) is 1.34. The molecule has 1 amide bonds. The summed E-state index contributed by atoms with van der Waals surface area (Å²) in [5.74, 6) is 2.80. The first-order valence-electron chi connectivity index (χ1n) is 5.71. The largest absolute Gasteiger partial charge is 0.349 e. The van der Waals surface area contributed by atoms with Gasteiger partial charge in [0.2, 0.25) is 5.91 Å². The van der Waals surface area contributed by atoms with Gasteiger partial charge in [-0.3, -0.25) is 4.79 Å². The van der Waals surface area contributed by atoms with Crippen LogP contribution in [0.15, 0.2) is 0 Å². The van der Waals surface area contributed by atoms with Gasteiger partial charge >= 0.3 is 0 Å². The highest BCUT2D eigenvalue weighted by molar-refractivity contribution is 7.99. The fraction of sp³-hybridized carbons (Fsp3) is 0.909. The van der Waals surface area contributed by atoms with Crippen molar-refractivity contribution in [1.82, 2.24) is 10.2 Å². The van der Waals surface area contributed by atoms with Gasteiger partial charge < -0.3 is 10.2 Å². The van der Waals surface area contributed by atoms with E-state index in [0.717, 1.165) is 13.0 Å². The zero-order valence-corrected chi connectivity index (χ0v) is 10.6. The minimum absolute atomic E-state index is 0.232. The first-order chi connectivity index (χ1) is 7.20. The molecule has 1 aliphatic rings. The van der Waals surface area contributed by atoms with Crippen molar-refractivity contribution in [3.8, 4) is 0 Å². The zero-order valence-electron chi connectivity index (χ0n) is 9.79. The molecule has 1 fully saturated rings. The van der Waals surface area contributed by atoms with Gasteiger partial charge in [-0.15, -0.1) is 0 Å². The number of hydrogen-bond donors (Lipinski definition) is 1. The zero-order chi connectivity index (χ0) is 11.1. The molecular weight excluding hydrogens is 208 g/mol. The number of rotatable bonds is 5. The summed E-state index contributed by atoms with van der Waals surface area (Å²) in [6.45, 7) is 0.981. The van der Waals surface area contributed by atoms with Gasteiger partial charge in [0, 0.05) is 26.6 Å². The van der Waals surface area contributed by atoms with Crippen LogP contribution in [0.5, 0.6) is 0 Å². The van der Waals surface area contributed by atoms with Crippen LogP contribution in [0.4, 0.5) is 0 Å². The van der Waals surface area contributed by atoms with Crippen LogP contribution in [0.1, 0.15) is 25.7 Å². The molecule has 88 valence electrons. The molecule has 1 saturated heterocycles. The van der Waals surface area contributed by atoms with Crippen LogP contribution in [0, 0.1) is 0 Å². The van der Waals surface area contributed by atoms with E-state index in [4.69, 9.17) is 0 Å². The number of nitrogens with one attached hydrogen (secondary N) is 1. The monoisotopic (exact) mass is 230 g/mol. The summed E-state index contributed by atoms with van der Waals surface area (Å²) < 4.78 is 0. The molecule has 0 aliphatic carbocycles. The second-order valence-electron chi connectivity index (χ2n) is 4.23. The summed E-state index contributed by atoms with van der Waals surface area (Å²) in [4.78, 5) is 13.0. The van der Waals surface area contributed by atoms with E-state index in [1.165, 1.54) is 24.3 Å². The smallest absolute Gasteiger partial charge is 0.222 e. The molecule has 1 N–H and O–H groups in total. The molecule has 0 spiro atoms. The van der Waals surface area contributed by atoms with Crippen molar-refractivity contribution in [3.63, 3.8) is 0 Å². The Balaban J connectivity index is 1.98. The first kappa shape index (κ1) is 12.8. The average Bonchev–Trinajstić information content (AvgIpc) is 2.25. The highest BCUT2D eigenvalue weighted by Gasteiger charge is 2.12. The Kier molecular flexibility index (Phi) is 6.10. The quantitative estimate of drug-likeness (QED) is 0.723. The number of carbonyl (C=O) groups excluding carboxylic acids is 1. The molecular formula is C11H22N2OS. The van der Waals surface area contributed by atoms with Crippen molar-refractivity contribution >= 4 is 17.7 Å². The molecule has 0 atom stereocenters. The first-order valence-corrected chi connectivity index (χ1v) is 6.87. The van der Waals surface area contributed by atoms with Gasteiger partial charge in [0.1, 0.15) is 0 Å². The van der Waals surface area contributed by atoms with Crippen molar-refractivity contribution < 1.29 is 4.79 Å². The van der Waals surface area contributed by atoms with Crippen LogP contribution < -0.4 is 5.32 Å². The van der Waals surface area contributed by atoms with Crippen molar-refractivity contribution in [2.45, 2.75) is 31.7 Å². The van der Waals surface area contributed by atoms with E-state index in [1.54, 1.807) is 4.90 Å². The van der Waals surface area contributed by atoms with Gasteiger partial charge in [0.25, 0.3) is 0 Å². The topological polar surface area (TPSA) is 32.3 Å². The molecule has 0 saturated carbocycles. The Bertz CT molecular complexity index is 191. The Hall–Kier alpha value is -0.220. The fourth-order valence-electron chi connectivity index (χ4n) is 1.67. The van der Waals surface area contributed by atoms with Crippen molar-refractivity contribution in [1.29, 1.82) is 0 Å². The van der Waals surface area contributed by atoms with Gasteiger partial charge in [-0.1, -0.05) is 0 Å².